The predicted molar refractivity (Wildman–Crippen MR) is 131 cm³/mol. The first-order valence-corrected chi connectivity index (χ1v) is 12.4. The second kappa shape index (κ2) is 8.96. The summed E-state index contributed by atoms with van der Waals surface area (Å²) in [6.45, 7) is 5.13. The average Bonchev–Trinajstić information content (AvgIpc) is 3.40. The number of aromatic nitrogens is 2. The largest absolute Gasteiger partial charge is 0.376 e. The van der Waals surface area contributed by atoms with Gasteiger partial charge in [-0.3, -0.25) is 18.9 Å². The monoisotopic (exact) mass is 470 g/mol. The zero-order chi connectivity index (χ0) is 22.2. The molecule has 32 heavy (non-hydrogen) atoms. The molecule has 0 N–H and O–H groups in total. The third kappa shape index (κ3) is 4.09. The number of nitrogens with zero attached hydrogens (tertiary/aromatic N) is 4. The van der Waals surface area contributed by atoms with E-state index in [9.17, 15) is 9.59 Å². The average molecular weight is 471 g/mol. The number of hydrogen-bond acceptors (Lipinski definition) is 7. The van der Waals surface area contributed by atoms with Crippen molar-refractivity contribution in [1.82, 2.24) is 14.3 Å². The van der Waals surface area contributed by atoms with E-state index in [2.05, 4.69) is 11.8 Å². The SMILES string of the molecule is CC1CCN(c2nc3ccccn3c(=O)c2/C=C2/SC(=S)N(CC3CCCO3)C2=O)CC1. The highest BCUT2D eigenvalue weighted by molar-refractivity contribution is 8.26. The lowest BCUT2D eigenvalue weighted by Crippen LogP contribution is -2.36. The van der Waals surface area contributed by atoms with Crippen molar-refractivity contribution in [1.29, 1.82) is 0 Å². The minimum Gasteiger partial charge on any atom is -0.376 e. The summed E-state index contributed by atoms with van der Waals surface area (Å²) in [5, 5.41) is 0. The first-order valence-electron chi connectivity index (χ1n) is 11.1. The molecule has 0 aromatic carbocycles. The number of carbonyl (C=O) groups excluding carboxylic acids is 1. The van der Waals surface area contributed by atoms with Crippen molar-refractivity contribution in [3.8, 4) is 0 Å². The van der Waals surface area contributed by atoms with E-state index in [0.29, 0.717) is 38.7 Å². The molecule has 168 valence electrons. The highest BCUT2D eigenvalue weighted by atomic mass is 32.2. The van der Waals surface area contributed by atoms with E-state index in [1.165, 1.54) is 16.2 Å². The van der Waals surface area contributed by atoms with Crippen molar-refractivity contribution >= 4 is 51.7 Å². The van der Waals surface area contributed by atoms with Crippen LogP contribution < -0.4 is 10.5 Å². The maximum Gasteiger partial charge on any atom is 0.267 e. The van der Waals surface area contributed by atoms with Crippen LogP contribution in [0.15, 0.2) is 34.1 Å². The van der Waals surface area contributed by atoms with Crippen molar-refractivity contribution in [2.75, 3.05) is 31.1 Å². The molecule has 9 heteroatoms. The Balaban J connectivity index is 1.54. The van der Waals surface area contributed by atoms with Gasteiger partial charge in [-0.25, -0.2) is 4.98 Å². The van der Waals surface area contributed by atoms with Gasteiger partial charge < -0.3 is 9.64 Å². The zero-order valence-corrected chi connectivity index (χ0v) is 19.7. The summed E-state index contributed by atoms with van der Waals surface area (Å²) in [5.74, 6) is 1.15. The summed E-state index contributed by atoms with van der Waals surface area (Å²) in [7, 11) is 0. The lowest BCUT2D eigenvalue weighted by Gasteiger charge is -2.32. The van der Waals surface area contributed by atoms with Crippen molar-refractivity contribution in [3.05, 3.63) is 45.2 Å². The standard InChI is InChI=1S/C23H26N4O3S2/c1-15-7-10-25(11-8-15)20-17(21(28)26-9-3-2-6-19(26)24-20)13-18-22(29)27(23(31)32-18)14-16-5-4-12-30-16/h2-3,6,9,13,15-16H,4-5,7-8,10-12,14H2,1H3/b18-13+. The van der Waals surface area contributed by atoms with E-state index in [-0.39, 0.29) is 17.6 Å². The highest BCUT2D eigenvalue weighted by Gasteiger charge is 2.35. The quantitative estimate of drug-likeness (QED) is 0.502. The minimum absolute atomic E-state index is 0.0238. The number of thioether (sulfide) groups is 1. The van der Waals surface area contributed by atoms with Gasteiger partial charge in [-0.15, -0.1) is 0 Å². The minimum atomic E-state index is -0.173. The summed E-state index contributed by atoms with van der Waals surface area (Å²) in [5.41, 5.74) is 0.878. The van der Waals surface area contributed by atoms with E-state index >= 15 is 0 Å². The van der Waals surface area contributed by atoms with Crippen LogP contribution in [0.25, 0.3) is 11.7 Å². The maximum absolute atomic E-state index is 13.5. The second-order valence-corrected chi connectivity index (χ2v) is 10.4. The summed E-state index contributed by atoms with van der Waals surface area (Å²) < 4.78 is 7.74. The Kier molecular flexibility index (Phi) is 6.05. The van der Waals surface area contributed by atoms with Gasteiger partial charge in [0.2, 0.25) is 0 Å². The van der Waals surface area contributed by atoms with Crippen molar-refractivity contribution in [3.63, 3.8) is 0 Å². The molecule has 1 atom stereocenters. The first kappa shape index (κ1) is 21.6. The number of hydrogen-bond donors (Lipinski definition) is 0. The van der Waals surface area contributed by atoms with Gasteiger partial charge >= 0.3 is 0 Å². The molecule has 3 saturated heterocycles. The summed E-state index contributed by atoms with van der Waals surface area (Å²) in [4.78, 5) is 35.7. The molecular weight excluding hydrogens is 444 g/mol. The molecule has 0 saturated carbocycles. The Morgan fingerprint density at radius 2 is 2.06 bits per heavy atom. The van der Waals surface area contributed by atoms with Gasteiger partial charge in [-0.05, 0) is 49.8 Å². The molecule has 1 amide bonds. The summed E-state index contributed by atoms with van der Waals surface area (Å²) >= 11 is 6.74. The van der Waals surface area contributed by atoms with Gasteiger partial charge in [-0.2, -0.15) is 0 Å². The Bertz CT molecular complexity index is 1150. The van der Waals surface area contributed by atoms with E-state index in [0.717, 1.165) is 45.4 Å². The lowest BCUT2D eigenvalue weighted by atomic mass is 9.99. The van der Waals surface area contributed by atoms with Gasteiger partial charge in [0.1, 0.15) is 15.8 Å². The fourth-order valence-corrected chi connectivity index (χ4v) is 5.72. The molecular formula is C23H26N4O3S2. The number of amides is 1. The molecule has 3 aliphatic heterocycles. The Hall–Kier alpha value is -2.23. The van der Waals surface area contributed by atoms with Gasteiger partial charge in [0.25, 0.3) is 11.5 Å². The number of ether oxygens (including phenoxy) is 1. The number of piperidine rings is 1. The van der Waals surface area contributed by atoms with Crippen LogP contribution in [0.3, 0.4) is 0 Å². The van der Waals surface area contributed by atoms with Gasteiger partial charge in [0.05, 0.1) is 23.1 Å². The highest BCUT2D eigenvalue weighted by Crippen LogP contribution is 2.35. The molecule has 7 nitrogen and oxygen atoms in total. The third-order valence-electron chi connectivity index (χ3n) is 6.39. The van der Waals surface area contributed by atoms with E-state index in [1.807, 2.05) is 18.2 Å². The number of pyridine rings is 1. The van der Waals surface area contributed by atoms with Gasteiger partial charge in [-0.1, -0.05) is 37.0 Å². The van der Waals surface area contributed by atoms with Crippen LogP contribution in [-0.4, -0.2) is 56.9 Å². The van der Waals surface area contributed by atoms with Crippen LogP contribution >= 0.6 is 24.0 Å². The van der Waals surface area contributed by atoms with Crippen LogP contribution in [0.1, 0.15) is 38.2 Å². The third-order valence-corrected chi connectivity index (χ3v) is 7.77. The summed E-state index contributed by atoms with van der Waals surface area (Å²) in [6.07, 6.45) is 7.48. The fraction of sp³-hybridized carbons (Fsp3) is 0.478. The zero-order valence-electron chi connectivity index (χ0n) is 18.0. The molecule has 0 bridgehead atoms. The van der Waals surface area contributed by atoms with Crippen molar-refractivity contribution in [2.24, 2.45) is 5.92 Å². The normalized spacial score (nSPS) is 23.8. The molecule has 2 aromatic heterocycles. The Morgan fingerprint density at radius 1 is 1.25 bits per heavy atom. The van der Waals surface area contributed by atoms with Gasteiger partial charge in [0.15, 0.2) is 0 Å². The molecule has 0 spiro atoms. The number of carbonyl (C=O) groups is 1. The Labute approximate surface area is 196 Å². The van der Waals surface area contributed by atoms with Crippen molar-refractivity contribution < 1.29 is 9.53 Å². The van der Waals surface area contributed by atoms with Crippen LogP contribution in [0.4, 0.5) is 5.82 Å². The second-order valence-electron chi connectivity index (χ2n) is 8.68. The summed E-state index contributed by atoms with van der Waals surface area (Å²) in [6, 6.07) is 5.52. The van der Waals surface area contributed by atoms with Crippen LogP contribution in [0, 0.1) is 5.92 Å². The Morgan fingerprint density at radius 3 is 2.81 bits per heavy atom. The number of rotatable bonds is 4. The molecule has 0 radical (unpaired) electrons. The van der Waals surface area contributed by atoms with Gasteiger partial charge in [0, 0.05) is 25.9 Å². The lowest BCUT2D eigenvalue weighted by molar-refractivity contribution is -0.123. The smallest absolute Gasteiger partial charge is 0.267 e. The molecule has 3 fully saturated rings. The predicted octanol–water partition coefficient (Wildman–Crippen LogP) is 3.31. The van der Waals surface area contributed by atoms with Crippen LogP contribution in [0.5, 0.6) is 0 Å². The first-order chi connectivity index (χ1) is 15.5. The molecule has 3 aliphatic rings. The van der Waals surface area contributed by atoms with E-state index < -0.39 is 0 Å². The topological polar surface area (TPSA) is 67.2 Å². The number of anilines is 1. The maximum atomic E-state index is 13.5. The molecule has 2 aromatic rings. The molecule has 1 unspecified atom stereocenters. The number of thiocarbonyl (C=S) groups is 1. The number of fused-ring (bicyclic) bond motifs is 1. The molecule has 5 rings (SSSR count). The van der Waals surface area contributed by atoms with Crippen molar-refractivity contribution in [2.45, 2.75) is 38.7 Å². The molecule has 0 aliphatic carbocycles. The van der Waals surface area contributed by atoms with Crippen LogP contribution in [0.2, 0.25) is 0 Å². The molecule has 5 heterocycles. The fourth-order valence-electron chi connectivity index (χ4n) is 4.46. The van der Waals surface area contributed by atoms with E-state index in [4.69, 9.17) is 21.9 Å². The van der Waals surface area contributed by atoms with Crippen LogP contribution in [-0.2, 0) is 9.53 Å². The van der Waals surface area contributed by atoms with E-state index in [1.54, 1.807) is 17.2 Å².